The molecule has 0 aromatic carbocycles. The van der Waals surface area contributed by atoms with Crippen LogP contribution in [0.5, 0.6) is 0 Å². The smallest absolute Gasteiger partial charge is 0.191 e. The molecule has 2 fully saturated rings. The van der Waals surface area contributed by atoms with Gasteiger partial charge in [-0.1, -0.05) is 25.3 Å². The fourth-order valence-electron chi connectivity index (χ4n) is 4.39. The van der Waals surface area contributed by atoms with E-state index in [4.69, 9.17) is 4.98 Å². The molecule has 0 amide bonds. The van der Waals surface area contributed by atoms with Crippen molar-refractivity contribution < 1.29 is 0 Å². The van der Waals surface area contributed by atoms with Gasteiger partial charge in [0.15, 0.2) is 5.96 Å². The van der Waals surface area contributed by atoms with Crippen LogP contribution in [0.25, 0.3) is 0 Å². The van der Waals surface area contributed by atoms with E-state index in [1.165, 1.54) is 63.6 Å². The summed E-state index contributed by atoms with van der Waals surface area (Å²) < 4.78 is 0. The summed E-state index contributed by atoms with van der Waals surface area (Å²) in [6.07, 6.45) is 12.5. The van der Waals surface area contributed by atoms with Crippen molar-refractivity contribution in [2.24, 2.45) is 4.99 Å². The lowest BCUT2D eigenvalue weighted by atomic mass is 10.0. The number of halogens is 1. The van der Waals surface area contributed by atoms with Gasteiger partial charge in [0.1, 0.15) is 5.82 Å². The molecule has 2 aliphatic heterocycles. The van der Waals surface area contributed by atoms with E-state index in [0.717, 1.165) is 50.4 Å². The number of rotatable bonds is 7. The van der Waals surface area contributed by atoms with Crippen molar-refractivity contribution >= 4 is 35.8 Å². The predicted molar refractivity (Wildman–Crippen MR) is 138 cm³/mol. The summed E-state index contributed by atoms with van der Waals surface area (Å²) in [6.45, 7) is 8.76. The predicted octanol–water partition coefficient (Wildman–Crippen LogP) is 4.01. The van der Waals surface area contributed by atoms with Gasteiger partial charge >= 0.3 is 0 Å². The summed E-state index contributed by atoms with van der Waals surface area (Å²) in [5, 5.41) is 6.86. The second-order valence-electron chi connectivity index (χ2n) is 8.51. The number of guanidine groups is 1. The van der Waals surface area contributed by atoms with E-state index in [-0.39, 0.29) is 24.0 Å². The van der Waals surface area contributed by atoms with Crippen LogP contribution in [0.2, 0.25) is 0 Å². The number of aromatic nitrogens is 1. The van der Waals surface area contributed by atoms with Gasteiger partial charge in [-0.25, -0.2) is 4.98 Å². The number of nitrogens with one attached hydrogen (secondary N) is 2. The highest BCUT2D eigenvalue weighted by molar-refractivity contribution is 14.0. The molecule has 0 saturated carbocycles. The highest BCUT2D eigenvalue weighted by Crippen LogP contribution is 2.18. The van der Waals surface area contributed by atoms with Gasteiger partial charge in [-0.05, 0) is 57.2 Å². The third kappa shape index (κ3) is 8.21. The molecule has 2 saturated heterocycles. The van der Waals surface area contributed by atoms with Crippen LogP contribution in [-0.4, -0.2) is 61.7 Å². The maximum Gasteiger partial charge on any atom is 0.191 e. The van der Waals surface area contributed by atoms with Crippen molar-refractivity contribution in [3.63, 3.8) is 0 Å². The van der Waals surface area contributed by atoms with Gasteiger partial charge in [0.2, 0.25) is 0 Å². The van der Waals surface area contributed by atoms with E-state index in [9.17, 15) is 0 Å². The van der Waals surface area contributed by atoms with Gasteiger partial charge in [-0.3, -0.25) is 4.99 Å². The van der Waals surface area contributed by atoms with E-state index in [0.29, 0.717) is 0 Å². The van der Waals surface area contributed by atoms with Gasteiger partial charge in [0, 0.05) is 52.0 Å². The maximum absolute atomic E-state index is 4.70. The first kappa shape index (κ1) is 25.2. The number of anilines is 1. The van der Waals surface area contributed by atoms with Crippen molar-refractivity contribution in [1.82, 2.24) is 20.5 Å². The standard InChI is InChI=1S/C23H40N6.HI/c1-20-10-5-8-14-28(20)17-9-13-25-23(24-2)27-19-21-11-12-22(26-18-21)29-15-6-3-4-7-16-29;/h11-12,18,20H,3-10,13-17,19H2,1-2H3,(H2,24,25,27);1H. The monoisotopic (exact) mass is 528 g/mol. The lowest BCUT2D eigenvalue weighted by Crippen LogP contribution is -2.41. The average molecular weight is 529 g/mol. The number of hydrogen-bond acceptors (Lipinski definition) is 4. The number of likely N-dealkylation sites (tertiary alicyclic amines) is 1. The van der Waals surface area contributed by atoms with Crippen LogP contribution < -0.4 is 15.5 Å². The fraction of sp³-hybridized carbons (Fsp3) is 0.739. The average Bonchev–Trinajstić information content (AvgIpc) is 3.04. The summed E-state index contributed by atoms with van der Waals surface area (Å²) in [7, 11) is 1.84. The Morgan fingerprint density at radius 1 is 1.07 bits per heavy atom. The summed E-state index contributed by atoms with van der Waals surface area (Å²) >= 11 is 0. The van der Waals surface area contributed by atoms with Crippen molar-refractivity contribution in [2.45, 2.75) is 70.9 Å². The zero-order valence-corrected chi connectivity index (χ0v) is 21.2. The van der Waals surface area contributed by atoms with E-state index >= 15 is 0 Å². The normalized spacial score (nSPS) is 20.9. The van der Waals surface area contributed by atoms with Crippen LogP contribution in [0.1, 0.15) is 63.9 Å². The first-order valence-corrected chi connectivity index (χ1v) is 11.6. The number of pyridine rings is 1. The summed E-state index contributed by atoms with van der Waals surface area (Å²) in [6, 6.07) is 5.09. The van der Waals surface area contributed by atoms with Gasteiger partial charge in [-0.15, -0.1) is 24.0 Å². The second kappa shape index (κ2) is 14.1. The fourth-order valence-corrected chi connectivity index (χ4v) is 4.39. The molecule has 170 valence electrons. The Bertz CT molecular complexity index is 613. The molecule has 2 N–H and O–H groups in total. The SMILES string of the molecule is CN=C(NCCCN1CCCCC1C)NCc1ccc(N2CCCCCC2)nc1.I. The molecule has 0 aliphatic carbocycles. The molecule has 0 spiro atoms. The molecule has 2 aliphatic rings. The Morgan fingerprint density at radius 2 is 1.83 bits per heavy atom. The lowest BCUT2D eigenvalue weighted by Gasteiger charge is -2.33. The van der Waals surface area contributed by atoms with Gasteiger partial charge < -0.3 is 20.4 Å². The van der Waals surface area contributed by atoms with E-state index in [1.54, 1.807) is 0 Å². The highest BCUT2D eigenvalue weighted by atomic mass is 127. The Morgan fingerprint density at radius 3 is 2.50 bits per heavy atom. The molecule has 1 aromatic heterocycles. The molecule has 0 radical (unpaired) electrons. The molecule has 1 atom stereocenters. The number of aliphatic imine (C=N–C) groups is 1. The van der Waals surface area contributed by atoms with Crippen molar-refractivity contribution in [3.8, 4) is 0 Å². The van der Waals surface area contributed by atoms with Crippen LogP contribution in [0.15, 0.2) is 23.3 Å². The van der Waals surface area contributed by atoms with Crippen molar-refractivity contribution in [1.29, 1.82) is 0 Å². The topological polar surface area (TPSA) is 55.8 Å². The largest absolute Gasteiger partial charge is 0.357 e. The first-order valence-electron chi connectivity index (χ1n) is 11.6. The first-order chi connectivity index (χ1) is 14.3. The second-order valence-corrected chi connectivity index (χ2v) is 8.51. The minimum Gasteiger partial charge on any atom is -0.357 e. The van der Waals surface area contributed by atoms with Gasteiger partial charge in [-0.2, -0.15) is 0 Å². The third-order valence-corrected chi connectivity index (χ3v) is 6.28. The number of piperidine rings is 1. The molecular formula is C23H41IN6. The minimum atomic E-state index is 0. The molecule has 1 aromatic rings. The molecule has 3 heterocycles. The van der Waals surface area contributed by atoms with Crippen molar-refractivity contribution in [3.05, 3.63) is 23.9 Å². The molecule has 6 nitrogen and oxygen atoms in total. The zero-order valence-electron chi connectivity index (χ0n) is 18.9. The highest BCUT2D eigenvalue weighted by Gasteiger charge is 2.17. The van der Waals surface area contributed by atoms with Gasteiger partial charge in [0.25, 0.3) is 0 Å². The third-order valence-electron chi connectivity index (χ3n) is 6.28. The Kier molecular flexibility index (Phi) is 11.8. The molecule has 30 heavy (non-hydrogen) atoms. The zero-order chi connectivity index (χ0) is 20.3. The van der Waals surface area contributed by atoms with Crippen LogP contribution in [0, 0.1) is 0 Å². The molecule has 0 bridgehead atoms. The number of hydrogen-bond donors (Lipinski definition) is 2. The molecule has 3 rings (SSSR count). The van der Waals surface area contributed by atoms with Crippen LogP contribution >= 0.6 is 24.0 Å². The van der Waals surface area contributed by atoms with Crippen LogP contribution in [0.4, 0.5) is 5.82 Å². The maximum atomic E-state index is 4.70. The van der Waals surface area contributed by atoms with Crippen molar-refractivity contribution in [2.75, 3.05) is 44.7 Å². The lowest BCUT2D eigenvalue weighted by molar-refractivity contribution is 0.159. The van der Waals surface area contributed by atoms with Gasteiger partial charge in [0.05, 0.1) is 0 Å². The van der Waals surface area contributed by atoms with E-state index in [1.807, 2.05) is 13.2 Å². The molecule has 1 unspecified atom stereocenters. The molecule has 7 heteroatoms. The summed E-state index contributed by atoms with van der Waals surface area (Å²) in [4.78, 5) is 14.1. The van der Waals surface area contributed by atoms with Crippen LogP contribution in [0.3, 0.4) is 0 Å². The minimum absolute atomic E-state index is 0. The number of nitrogens with zero attached hydrogens (tertiary/aromatic N) is 4. The Hall–Kier alpha value is -1.09. The van der Waals surface area contributed by atoms with E-state index < -0.39 is 0 Å². The van der Waals surface area contributed by atoms with E-state index in [2.05, 4.69) is 44.5 Å². The summed E-state index contributed by atoms with van der Waals surface area (Å²) in [5.41, 5.74) is 1.19. The quantitative estimate of drug-likeness (QED) is 0.243. The summed E-state index contributed by atoms with van der Waals surface area (Å²) in [5.74, 6) is 1.98. The Labute approximate surface area is 200 Å². The Balaban J connectivity index is 0.00000320. The van der Waals surface area contributed by atoms with Crippen LogP contribution in [-0.2, 0) is 6.54 Å². The molecular weight excluding hydrogens is 487 g/mol.